The fourth-order valence-electron chi connectivity index (χ4n) is 8.79. The molecule has 1 aliphatic rings. The molecule has 0 bridgehead atoms. The Labute approximate surface area is 448 Å². The zero-order valence-corrected chi connectivity index (χ0v) is 40.2. The zero-order valence-electron chi connectivity index (χ0n) is 40.2. The number of halogens is 36. The van der Waals surface area contributed by atoms with E-state index in [1.165, 1.54) is 0 Å². The van der Waals surface area contributed by atoms with Crippen molar-refractivity contribution in [1.82, 2.24) is 0 Å². The molecule has 1 aliphatic carbocycles. The molecule has 85 heavy (non-hydrogen) atoms. The Kier molecular flexibility index (Phi) is 16.8. The number of benzene rings is 4. The number of rotatable bonds is 20. The third-order valence-corrected chi connectivity index (χ3v) is 13.5. The first-order valence-corrected chi connectivity index (χ1v) is 22.4. The standard InChI is InChI=1S/C47H26F36O2/c48-31(49,36(56,57)40(64,65)44(72,73)74)13-1-3-19-15-21(7-11-29(19)84)33(22-8-12-30(85)20(16-22)4-2-14-32(50,51)37(58,59)41(66,67)45(75,76)77)27-17-23(34(52,53)38(60,61)42(68,69)46(78,79)80)5-9-25(27)26-10-6-24(18-28(26)33)35(54,55)39(62,63)43(70,71)47(81,82)83/h5-12,15-18,84-85H,1-4,13-14H2. The molecule has 0 unspecified atom stereocenters. The predicted octanol–water partition coefficient (Wildman–Crippen LogP) is 18.9. The highest BCUT2D eigenvalue weighted by Crippen LogP contribution is 2.64. The molecule has 0 fully saturated rings. The van der Waals surface area contributed by atoms with Gasteiger partial charge in [-0.1, -0.05) is 48.5 Å². The lowest BCUT2D eigenvalue weighted by atomic mass is 9.66. The maximum atomic E-state index is 15.9. The average molecular weight is 1310 g/mol. The Morgan fingerprint density at radius 3 is 0.812 bits per heavy atom. The first kappa shape index (κ1) is 69.7. The molecule has 478 valence electrons. The lowest BCUT2D eigenvalue weighted by Crippen LogP contribution is -2.60. The number of hydrogen-bond donors (Lipinski definition) is 2. The fourth-order valence-corrected chi connectivity index (χ4v) is 8.79. The van der Waals surface area contributed by atoms with Gasteiger partial charge in [0.1, 0.15) is 11.5 Å². The average Bonchev–Trinajstić information content (AvgIpc) is 1.84. The van der Waals surface area contributed by atoms with Gasteiger partial charge in [0.05, 0.1) is 5.41 Å². The number of aromatic hydroxyl groups is 2. The maximum absolute atomic E-state index is 15.9. The van der Waals surface area contributed by atoms with Gasteiger partial charge in [-0.15, -0.1) is 0 Å². The van der Waals surface area contributed by atoms with Gasteiger partial charge < -0.3 is 10.2 Å². The Bertz CT molecular complexity index is 2910. The summed E-state index contributed by atoms with van der Waals surface area (Å²) < 4.78 is 508. The van der Waals surface area contributed by atoms with E-state index >= 15 is 35.1 Å². The van der Waals surface area contributed by atoms with Crippen LogP contribution in [0.1, 0.15) is 70.2 Å². The van der Waals surface area contributed by atoms with Crippen molar-refractivity contribution in [2.45, 2.75) is 140 Å². The molecule has 4 aromatic rings. The van der Waals surface area contributed by atoms with E-state index < -0.39 is 231 Å². The lowest BCUT2D eigenvalue weighted by Gasteiger charge is -2.37. The molecule has 0 radical (unpaired) electrons. The Balaban J connectivity index is 1.94. The number of aryl methyl sites for hydroxylation is 2. The quantitative estimate of drug-likeness (QED) is 0.0763. The first-order valence-electron chi connectivity index (χ1n) is 22.4. The van der Waals surface area contributed by atoms with Crippen molar-refractivity contribution in [3.05, 3.63) is 117 Å². The number of phenolic OH excluding ortho intramolecular Hbond substituents is 2. The van der Waals surface area contributed by atoms with E-state index in [1.54, 1.807) is 0 Å². The van der Waals surface area contributed by atoms with E-state index in [2.05, 4.69) is 0 Å². The minimum absolute atomic E-state index is 0.0776. The van der Waals surface area contributed by atoms with Gasteiger partial charge in [0.25, 0.3) is 0 Å². The van der Waals surface area contributed by atoms with E-state index in [9.17, 15) is 133 Å². The minimum atomic E-state index is -7.82. The van der Waals surface area contributed by atoms with Crippen LogP contribution in [0.5, 0.6) is 11.5 Å². The number of phenols is 2. The summed E-state index contributed by atoms with van der Waals surface area (Å²) in [5.41, 5.74) is -20.4. The van der Waals surface area contributed by atoms with Crippen molar-refractivity contribution in [3.8, 4) is 22.6 Å². The zero-order chi connectivity index (χ0) is 66.2. The van der Waals surface area contributed by atoms with Crippen LogP contribution in [-0.4, -0.2) is 94.1 Å². The van der Waals surface area contributed by atoms with E-state index in [1.807, 2.05) is 0 Å². The molecule has 2 N–H and O–H groups in total. The third kappa shape index (κ3) is 10.4. The van der Waals surface area contributed by atoms with Crippen LogP contribution >= 0.6 is 0 Å². The van der Waals surface area contributed by atoms with Gasteiger partial charge in [-0.3, -0.25) is 0 Å². The van der Waals surface area contributed by atoms with Gasteiger partial charge in [-0.2, -0.15) is 158 Å². The van der Waals surface area contributed by atoms with E-state index in [4.69, 9.17) is 0 Å². The SMILES string of the molecule is Oc1ccc(C2(c3ccc(O)c(CCCC(F)(F)C(F)(F)C(F)(F)C(F)(F)F)c3)c3cc(C(F)(F)C(F)(F)C(F)(F)C(F)(F)F)ccc3-c3ccc(C(F)(F)C(F)(F)C(F)(F)C(F)(F)F)cc32)cc1CCCC(F)(F)C(F)(F)C(F)(F)C(F)(F)F. The highest BCUT2D eigenvalue weighted by Gasteiger charge is 2.85. The monoisotopic (exact) mass is 1310 g/mol. The van der Waals surface area contributed by atoms with Crippen molar-refractivity contribution < 1.29 is 168 Å². The van der Waals surface area contributed by atoms with E-state index in [0.29, 0.717) is 0 Å². The largest absolute Gasteiger partial charge is 0.508 e. The molecule has 0 saturated carbocycles. The van der Waals surface area contributed by atoms with Crippen molar-refractivity contribution in [1.29, 1.82) is 0 Å². The Morgan fingerprint density at radius 1 is 0.294 bits per heavy atom. The van der Waals surface area contributed by atoms with E-state index in [0.717, 1.165) is 0 Å². The highest BCUT2D eigenvalue weighted by molar-refractivity contribution is 5.87. The lowest BCUT2D eigenvalue weighted by molar-refractivity contribution is -0.399. The molecule has 0 heterocycles. The third-order valence-electron chi connectivity index (χ3n) is 13.5. The van der Waals surface area contributed by atoms with E-state index in [-0.39, 0.29) is 48.5 Å². The topological polar surface area (TPSA) is 40.5 Å². The summed E-state index contributed by atoms with van der Waals surface area (Å²) >= 11 is 0. The van der Waals surface area contributed by atoms with Crippen LogP contribution in [0.4, 0.5) is 158 Å². The van der Waals surface area contributed by atoms with Gasteiger partial charge in [0.2, 0.25) is 0 Å². The normalized spacial score (nSPS) is 16.0. The molecular weight excluding hydrogens is 1280 g/mol. The first-order chi connectivity index (χ1) is 37.6. The summed E-state index contributed by atoms with van der Waals surface area (Å²) in [5, 5.41) is 21.5. The van der Waals surface area contributed by atoms with Crippen molar-refractivity contribution in [3.63, 3.8) is 0 Å². The van der Waals surface area contributed by atoms with Crippen LogP contribution in [0.25, 0.3) is 11.1 Å². The Morgan fingerprint density at radius 2 is 0.553 bits per heavy atom. The summed E-state index contributed by atoms with van der Waals surface area (Å²) in [6, 6.07) is -1.54. The number of hydrogen-bond acceptors (Lipinski definition) is 2. The van der Waals surface area contributed by atoms with Crippen LogP contribution < -0.4 is 0 Å². The van der Waals surface area contributed by atoms with Gasteiger partial charge >= 0.3 is 95.8 Å². The molecule has 0 aromatic heterocycles. The fraction of sp³-hybridized carbons (Fsp3) is 0.489. The van der Waals surface area contributed by atoms with Crippen LogP contribution in [0.2, 0.25) is 0 Å². The molecule has 4 aromatic carbocycles. The summed E-state index contributed by atoms with van der Waals surface area (Å²) in [5.74, 6) is -90.8. The molecule has 0 atom stereocenters. The summed E-state index contributed by atoms with van der Waals surface area (Å²) in [6.07, 6.45) is -42.9. The van der Waals surface area contributed by atoms with Gasteiger partial charge in [0, 0.05) is 24.0 Å². The summed E-state index contributed by atoms with van der Waals surface area (Å²) in [4.78, 5) is 0. The molecule has 38 heteroatoms. The molecule has 2 nitrogen and oxygen atoms in total. The molecule has 0 saturated heterocycles. The second-order valence-electron chi connectivity index (χ2n) is 18.8. The maximum Gasteiger partial charge on any atom is 0.460 e. The van der Waals surface area contributed by atoms with Gasteiger partial charge in [-0.25, -0.2) is 0 Å². The van der Waals surface area contributed by atoms with Crippen molar-refractivity contribution >= 4 is 0 Å². The predicted molar refractivity (Wildman–Crippen MR) is 214 cm³/mol. The minimum Gasteiger partial charge on any atom is -0.508 e. The molecule has 0 amide bonds. The number of alkyl halides is 36. The van der Waals surface area contributed by atoms with Crippen LogP contribution in [0.15, 0.2) is 72.8 Å². The highest BCUT2D eigenvalue weighted by atomic mass is 19.5. The van der Waals surface area contributed by atoms with Crippen molar-refractivity contribution in [2.24, 2.45) is 0 Å². The van der Waals surface area contributed by atoms with Gasteiger partial charge in [0.15, 0.2) is 0 Å². The van der Waals surface area contributed by atoms with Crippen LogP contribution in [0.3, 0.4) is 0 Å². The summed E-state index contributed by atoms with van der Waals surface area (Å²) in [7, 11) is 0. The van der Waals surface area contributed by atoms with Crippen LogP contribution in [0, 0.1) is 0 Å². The van der Waals surface area contributed by atoms with Gasteiger partial charge in [-0.05, 0) is 94.5 Å². The second-order valence-corrected chi connectivity index (χ2v) is 18.8. The second kappa shape index (κ2) is 20.5. The molecule has 0 aliphatic heterocycles. The smallest absolute Gasteiger partial charge is 0.460 e. The van der Waals surface area contributed by atoms with Crippen molar-refractivity contribution in [2.75, 3.05) is 0 Å². The molecule has 5 rings (SSSR count). The van der Waals surface area contributed by atoms with Crippen LogP contribution in [-0.2, 0) is 30.1 Å². The number of fused-ring (bicyclic) bond motifs is 3. The molecule has 0 spiro atoms. The summed E-state index contributed by atoms with van der Waals surface area (Å²) in [6.45, 7) is 0. The Hall–Kier alpha value is -6.04. The molecular formula is C47H26F36O2.